The first-order valence-electron chi connectivity index (χ1n) is 8.95. The molecule has 27 heavy (non-hydrogen) atoms. The fourth-order valence-corrected chi connectivity index (χ4v) is 5.57. The molecule has 1 aliphatic rings. The molecule has 146 valence electrons. The molecule has 1 aliphatic carbocycles. The number of ether oxygens (including phenoxy) is 1. The Labute approximate surface area is 163 Å². The Morgan fingerprint density at radius 3 is 2.81 bits per heavy atom. The zero-order chi connectivity index (χ0) is 19.3. The molecule has 2 aromatic rings. The highest BCUT2D eigenvalue weighted by Crippen LogP contribution is 2.29. The summed E-state index contributed by atoms with van der Waals surface area (Å²) in [6.45, 7) is 0. The Morgan fingerprint density at radius 1 is 1.30 bits per heavy atom. The molecule has 0 saturated heterocycles. The van der Waals surface area contributed by atoms with E-state index in [1.165, 1.54) is 32.8 Å². The number of carbonyl (C=O) groups excluding carboxylic acids is 1. The van der Waals surface area contributed by atoms with Crippen LogP contribution in [-0.4, -0.2) is 31.6 Å². The lowest BCUT2D eigenvalue weighted by Gasteiger charge is -2.07. The number of nitrogens with zero attached hydrogens (tertiary/aromatic N) is 2. The van der Waals surface area contributed by atoms with Crippen LogP contribution in [0.1, 0.15) is 44.1 Å². The van der Waals surface area contributed by atoms with Crippen LogP contribution in [-0.2, 0) is 20.4 Å². The van der Waals surface area contributed by atoms with E-state index >= 15 is 0 Å². The van der Waals surface area contributed by atoms with Gasteiger partial charge in [-0.25, -0.2) is 8.42 Å². The van der Waals surface area contributed by atoms with Gasteiger partial charge in [0.2, 0.25) is 25.2 Å². The van der Waals surface area contributed by atoms with Crippen LogP contribution in [0.3, 0.4) is 0 Å². The molecular formula is C18H23N3O4S2. The van der Waals surface area contributed by atoms with Crippen LogP contribution in [0, 0.1) is 5.92 Å². The van der Waals surface area contributed by atoms with Gasteiger partial charge in [-0.1, -0.05) is 49.2 Å². The van der Waals surface area contributed by atoms with Crippen LogP contribution in [0.5, 0.6) is 5.75 Å². The van der Waals surface area contributed by atoms with E-state index < -0.39 is 9.84 Å². The number of hydrogen-bond acceptors (Lipinski definition) is 7. The summed E-state index contributed by atoms with van der Waals surface area (Å²) in [6.07, 6.45) is 6.17. The first-order chi connectivity index (χ1) is 13.0. The summed E-state index contributed by atoms with van der Waals surface area (Å²) in [5.74, 6) is 0.878. The highest BCUT2D eigenvalue weighted by Gasteiger charge is 2.22. The third-order valence-corrected chi connectivity index (χ3v) is 7.64. The van der Waals surface area contributed by atoms with E-state index in [2.05, 4.69) is 15.5 Å². The van der Waals surface area contributed by atoms with Gasteiger partial charge in [-0.05, 0) is 30.0 Å². The maximum atomic E-state index is 12.6. The van der Waals surface area contributed by atoms with Gasteiger partial charge in [0, 0.05) is 6.42 Å². The summed E-state index contributed by atoms with van der Waals surface area (Å²) in [5.41, 5.74) is 0.603. The highest BCUT2D eigenvalue weighted by molar-refractivity contribution is 7.92. The number of rotatable bonds is 8. The molecule has 0 aliphatic heterocycles. The van der Waals surface area contributed by atoms with Crippen molar-refractivity contribution in [3.63, 3.8) is 0 Å². The lowest BCUT2D eigenvalue weighted by molar-refractivity contribution is -0.116. The third-order valence-electron chi connectivity index (χ3n) is 4.66. The minimum Gasteiger partial charge on any atom is -0.497 e. The van der Waals surface area contributed by atoms with Crippen LogP contribution in [0.15, 0.2) is 28.6 Å². The fourth-order valence-electron chi connectivity index (χ4n) is 3.25. The summed E-state index contributed by atoms with van der Waals surface area (Å²) in [6, 6.07) is 6.87. The summed E-state index contributed by atoms with van der Waals surface area (Å²) >= 11 is 0.882. The molecule has 9 heteroatoms. The summed E-state index contributed by atoms with van der Waals surface area (Å²) in [5, 5.41) is 10.4. The number of sulfone groups is 1. The predicted octanol–water partition coefficient (Wildman–Crippen LogP) is 3.43. The van der Waals surface area contributed by atoms with E-state index in [-0.39, 0.29) is 21.1 Å². The number of benzene rings is 1. The molecule has 1 N–H and O–H groups in total. The number of hydrogen-bond donors (Lipinski definition) is 1. The van der Waals surface area contributed by atoms with Crippen molar-refractivity contribution in [1.82, 2.24) is 10.2 Å². The van der Waals surface area contributed by atoms with Gasteiger partial charge in [-0.2, -0.15) is 0 Å². The average Bonchev–Trinajstić information content (AvgIpc) is 3.32. The zero-order valence-electron chi connectivity index (χ0n) is 15.2. The normalized spacial score (nSPS) is 15.0. The molecule has 1 heterocycles. The Hall–Kier alpha value is -2.00. The zero-order valence-corrected chi connectivity index (χ0v) is 16.8. The molecule has 1 saturated carbocycles. The predicted molar refractivity (Wildman–Crippen MR) is 104 cm³/mol. The van der Waals surface area contributed by atoms with Crippen LogP contribution < -0.4 is 10.1 Å². The molecule has 1 fully saturated rings. The maximum Gasteiger partial charge on any atom is 0.234 e. The molecule has 0 bridgehead atoms. The van der Waals surface area contributed by atoms with Gasteiger partial charge in [-0.15, -0.1) is 10.2 Å². The first-order valence-corrected chi connectivity index (χ1v) is 11.4. The van der Waals surface area contributed by atoms with Crippen molar-refractivity contribution in [2.75, 3.05) is 12.4 Å². The molecule has 0 atom stereocenters. The molecule has 1 aromatic heterocycles. The first kappa shape index (κ1) is 19.8. The van der Waals surface area contributed by atoms with E-state index in [4.69, 9.17) is 4.74 Å². The van der Waals surface area contributed by atoms with Gasteiger partial charge in [-0.3, -0.25) is 4.79 Å². The quantitative estimate of drug-likeness (QED) is 0.671. The maximum absolute atomic E-state index is 12.6. The second-order valence-corrected chi connectivity index (χ2v) is 9.86. The molecule has 0 unspecified atom stereocenters. The van der Waals surface area contributed by atoms with Crippen molar-refractivity contribution in [3.8, 4) is 5.75 Å². The van der Waals surface area contributed by atoms with Crippen LogP contribution in [0.25, 0.3) is 0 Å². The van der Waals surface area contributed by atoms with Gasteiger partial charge >= 0.3 is 0 Å². The van der Waals surface area contributed by atoms with Gasteiger partial charge < -0.3 is 10.1 Å². The van der Waals surface area contributed by atoms with E-state index in [9.17, 15) is 13.2 Å². The molecular weight excluding hydrogens is 386 g/mol. The standard InChI is InChI=1S/C18H23N3O4S2/c1-25-15-8-4-7-14(11-15)12-27(23,24)18-21-20-17(26-18)19-16(22)10-9-13-5-2-3-6-13/h4,7-8,11,13H,2-3,5-6,9-10,12H2,1H3,(H,19,20,22). The summed E-state index contributed by atoms with van der Waals surface area (Å²) in [4.78, 5) is 12.1. The Balaban J connectivity index is 1.58. The summed E-state index contributed by atoms with van der Waals surface area (Å²) < 4.78 is 30.1. The molecule has 1 amide bonds. The number of aromatic nitrogens is 2. The minimum atomic E-state index is -3.64. The van der Waals surface area contributed by atoms with Crippen molar-refractivity contribution < 1.29 is 17.9 Å². The number of carbonyl (C=O) groups is 1. The Bertz CT molecular complexity index is 890. The number of nitrogens with one attached hydrogen (secondary N) is 1. The SMILES string of the molecule is COc1cccc(CS(=O)(=O)c2nnc(NC(=O)CCC3CCCC3)s2)c1. The van der Waals surface area contributed by atoms with Crippen molar-refractivity contribution in [2.24, 2.45) is 5.92 Å². The second-order valence-electron chi connectivity index (χ2n) is 6.72. The summed E-state index contributed by atoms with van der Waals surface area (Å²) in [7, 11) is -2.11. The van der Waals surface area contributed by atoms with Crippen LogP contribution in [0.4, 0.5) is 5.13 Å². The largest absolute Gasteiger partial charge is 0.497 e. The van der Waals surface area contributed by atoms with Gasteiger partial charge in [0.25, 0.3) is 0 Å². The Kier molecular flexibility index (Phi) is 6.43. The lowest BCUT2D eigenvalue weighted by atomic mass is 10.0. The molecule has 1 aromatic carbocycles. The monoisotopic (exact) mass is 409 g/mol. The lowest BCUT2D eigenvalue weighted by Crippen LogP contribution is -2.12. The molecule has 7 nitrogen and oxygen atoms in total. The molecule has 3 rings (SSSR count). The number of methoxy groups -OCH3 is 1. The second kappa shape index (κ2) is 8.79. The van der Waals surface area contributed by atoms with E-state index in [1.54, 1.807) is 24.3 Å². The third kappa shape index (κ3) is 5.49. The van der Waals surface area contributed by atoms with E-state index in [1.807, 2.05) is 0 Å². The molecule has 0 radical (unpaired) electrons. The number of amides is 1. The smallest absolute Gasteiger partial charge is 0.234 e. The number of anilines is 1. The van der Waals surface area contributed by atoms with Crippen LogP contribution in [0.2, 0.25) is 0 Å². The average molecular weight is 410 g/mol. The van der Waals surface area contributed by atoms with Gasteiger partial charge in [0.1, 0.15) is 5.75 Å². The fraction of sp³-hybridized carbons (Fsp3) is 0.500. The molecule has 0 spiro atoms. The van der Waals surface area contributed by atoms with Crippen molar-refractivity contribution in [2.45, 2.75) is 48.6 Å². The van der Waals surface area contributed by atoms with Crippen molar-refractivity contribution >= 4 is 32.2 Å². The van der Waals surface area contributed by atoms with E-state index in [0.717, 1.165) is 17.8 Å². The highest BCUT2D eigenvalue weighted by atomic mass is 32.2. The van der Waals surface area contributed by atoms with Gasteiger partial charge in [0.15, 0.2) is 0 Å². The van der Waals surface area contributed by atoms with E-state index in [0.29, 0.717) is 23.7 Å². The van der Waals surface area contributed by atoms with Crippen molar-refractivity contribution in [3.05, 3.63) is 29.8 Å². The van der Waals surface area contributed by atoms with Crippen LogP contribution >= 0.6 is 11.3 Å². The van der Waals surface area contributed by atoms with Gasteiger partial charge in [0.05, 0.1) is 12.9 Å². The minimum absolute atomic E-state index is 0.101. The van der Waals surface area contributed by atoms with Crippen molar-refractivity contribution in [1.29, 1.82) is 0 Å². The topological polar surface area (TPSA) is 98.2 Å². The Morgan fingerprint density at radius 2 is 2.07 bits per heavy atom.